The van der Waals surface area contributed by atoms with Crippen molar-refractivity contribution in [2.45, 2.75) is 25.3 Å². The van der Waals surface area contributed by atoms with E-state index in [2.05, 4.69) is 16.4 Å². The predicted molar refractivity (Wildman–Crippen MR) is 63.5 cm³/mol. The minimum absolute atomic E-state index is 0.475. The molecule has 16 heavy (non-hydrogen) atoms. The van der Waals surface area contributed by atoms with Crippen LogP contribution in [0.4, 0.5) is 0 Å². The number of rotatable bonds is 3. The molecule has 0 aromatic carbocycles. The lowest BCUT2D eigenvalue weighted by Gasteiger charge is -2.22. The van der Waals surface area contributed by atoms with E-state index in [1.807, 2.05) is 6.07 Å². The molecule has 1 aliphatic heterocycles. The number of nitrogens with zero attached hydrogens (tertiary/aromatic N) is 1. The van der Waals surface area contributed by atoms with E-state index in [1.54, 1.807) is 7.11 Å². The summed E-state index contributed by atoms with van der Waals surface area (Å²) in [5, 5.41) is 3.36. The summed E-state index contributed by atoms with van der Waals surface area (Å²) in [6.07, 6.45) is 2.30. The molecule has 0 unspecified atom stereocenters. The van der Waals surface area contributed by atoms with Crippen molar-refractivity contribution in [2.24, 2.45) is 5.73 Å². The highest BCUT2D eigenvalue weighted by Crippen LogP contribution is 2.26. The molecule has 3 N–H and O–H groups in total. The number of methoxy groups -OCH3 is 1. The average Bonchev–Trinajstić information content (AvgIpc) is 2.39. The molecule has 1 aromatic rings. The summed E-state index contributed by atoms with van der Waals surface area (Å²) in [5.41, 5.74) is 7.73. The number of hydrogen-bond acceptors (Lipinski definition) is 4. The Hall–Kier alpha value is -1.13. The van der Waals surface area contributed by atoms with Crippen LogP contribution in [0, 0.1) is 0 Å². The molecule has 0 bridgehead atoms. The van der Waals surface area contributed by atoms with Gasteiger partial charge in [-0.3, -0.25) is 0 Å². The maximum atomic E-state index is 5.62. The highest BCUT2D eigenvalue weighted by Gasteiger charge is 2.17. The maximum Gasteiger partial charge on any atom is 0.217 e. The van der Waals surface area contributed by atoms with Gasteiger partial charge in [0, 0.05) is 23.7 Å². The van der Waals surface area contributed by atoms with Gasteiger partial charge in [-0.1, -0.05) is 6.07 Å². The smallest absolute Gasteiger partial charge is 0.217 e. The van der Waals surface area contributed by atoms with Gasteiger partial charge in [0.1, 0.15) is 0 Å². The fourth-order valence-corrected chi connectivity index (χ4v) is 2.16. The Kier molecular flexibility index (Phi) is 3.74. The van der Waals surface area contributed by atoms with Gasteiger partial charge in [0.25, 0.3) is 0 Å². The third kappa shape index (κ3) is 2.33. The topological polar surface area (TPSA) is 60.2 Å². The quantitative estimate of drug-likeness (QED) is 0.800. The normalized spacial score (nSPS) is 17.4. The Bertz CT molecular complexity index is 348. The first kappa shape index (κ1) is 11.4. The standard InChI is InChI=1S/C12H19N3O/c1-16-12-10(8-13)2-3-11(15-12)9-4-6-14-7-5-9/h2-3,9,14H,4-8,13H2,1H3. The Balaban J connectivity index is 2.20. The molecule has 0 radical (unpaired) electrons. The molecular weight excluding hydrogens is 202 g/mol. The van der Waals surface area contributed by atoms with Crippen LogP contribution in [0.3, 0.4) is 0 Å². The molecule has 0 saturated carbocycles. The van der Waals surface area contributed by atoms with Gasteiger partial charge in [-0.25, -0.2) is 4.98 Å². The van der Waals surface area contributed by atoms with Gasteiger partial charge >= 0.3 is 0 Å². The summed E-state index contributed by atoms with van der Waals surface area (Å²) in [5.74, 6) is 1.24. The molecule has 2 rings (SSSR count). The molecule has 1 aliphatic rings. The van der Waals surface area contributed by atoms with Crippen LogP contribution < -0.4 is 15.8 Å². The lowest BCUT2D eigenvalue weighted by molar-refractivity contribution is 0.385. The highest BCUT2D eigenvalue weighted by molar-refractivity contribution is 5.29. The number of aromatic nitrogens is 1. The second-order valence-corrected chi connectivity index (χ2v) is 4.13. The van der Waals surface area contributed by atoms with Gasteiger partial charge in [-0.05, 0) is 32.0 Å². The summed E-state index contributed by atoms with van der Waals surface area (Å²) >= 11 is 0. The Morgan fingerprint density at radius 2 is 2.19 bits per heavy atom. The first-order valence-electron chi connectivity index (χ1n) is 5.79. The minimum Gasteiger partial charge on any atom is -0.481 e. The van der Waals surface area contributed by atoms with Crippen LogP contribution in [-0.2, 0) is 6.54 Å². The van der Waals surface area contributed by atoms with Gasteiger partial charge < -0.3 is 15.8 Å². The zero-order valence-electron chi connectivity index (χ0n) is 9.70. The van der Waals surface area contributed by atoms with E-state index >= 15 is 0 Å². The van der Waals surface area contributed by atoms with Gasteiger partial charge in [-0.15, -0.1) is 0 Å². The molecule has 0 aliphatic carbocycles. The molecule has 1 aromatic heterocycles. The third-order valence-corrected chi connectivity index (χ3v) is 3.13. The molecule has 2 heterocycles. The zero-order chi connectivity index (χ0) is 11.4. The average molecular weight is 221 g/mol. The van der Waals surface area contributed by atoms with Crippen LogP contribution in [0.2, 0.25) is 0 Å². The number of hydrogen-bond donors (Lipinski definition) is 2. The molecular formula is C12H19N3O. The molecule has 1 fully saturated rings. The summed E-state index contributed by atoms with van der Waals surface area (Å²) in [4.78, 5) is 4.56. The van der Waals surface area contributed by atoms with Crippen molar-refractivity contribution in [1.82, 2.24) is 10.3 Å². The van der Waals surface area contributed by atoms with E-state index in [9.17, 15) is 0 Å². The number of piperidine rings is 1. The Morgan fingerprint density at radius 1 is 1.44 bits per heavy atom. The number of ether oxygens (including phenoxy) is 1. The lowest BCUT2D eigenvalue weighted by Crippen LogP contribution is -2.27. The zero-order valence-corrected chi connectivity index (χ0v) is 9.70. The predicted octanol–water partition coefficient (Wildman–Crippen LogP) is 1.02. The van der Waals surface area contributed by atoms with Crippen molar-refractivity contribution in [3.05, 3.63) is 23.4 Å². The molecule has 0 spiro atoms. The van der Waals surface area contributed by atoms with Crippen molar-refractivity contribution >= 4 is 0 Å². The van der Waals surface area contributed by atoms with E-state index in [0.29, 0.717) is 18.3 Å². The first-order chi connectivity index (χ1) is 7.85. The molecule has 4 nitrogen and oxygen atoms in total. The van der Waals surface area contributed by atoms with Gasteiger partial charge in [0.2, 0.25) is 5.88 Å². The monoisotopic (exact) mass is 221 g/mol. The third-order valence-electron chi connectivity index (χ3n) is 3.13. The van der Waals surface area contributed by atoms with Crippen LogP contribution in [0.15, 0.2) is 12.1 Å². The number of nitrogens with one attached hydrogen (secondary N) is 1. The fourth-order valence-electron chi connectivity index (χ4n) is 2.16. The lowest BCUT2D eigenvalue weighted by atomic mass is 9.94. The van der Waals surface area contributed by atoms with Crippen LogP contribution in [-0.4, -0.2) is 25.2 Å². The van der Waals surface area contributed by atoms with Crippen molar-refractivity contribution in [1.29, 1.82) is 0 Å². The Labute approximate surface area is 96.2 Å². The van der Waals surface area contributed by atoms with Gasteiger partial charge in [0.05, 0.1) is 7.11 Å². The summed E-state index contributed by atoms with van der Waals surface area (Å²) in [6, 6.07) is 4.11. The van der Waals surface area contributed by atoms with Crippen LogP contribution in [0.5, 0.6) is 5.88 Å². The summed E-state index contributed by atoms with van der Waals surface area (Å²) in [6.45, 7) is 2.63. The van der Waals surface area contributed by atoms with E-state index in [1.165, 1.54) is 0 Å². The molecule has 0 atom stereocenters. The largest absolute Gasteiger partial charge is 0.481 e. The minimum atomic E-state index is 0.475. The molecule has 88 valence electrons. The number of pyridine rings is 1. The van der Waals surface area contributed by atoms with E-state index < -0.39 is 0 Å². The van der Waals surface area contributed by atoms with E-state index in [4.69, 9.17) is 10.5 Å². The highest BCUT2D eigenvalue weighted by atomic mass is 16.5. The van der Waals surface area contributed by atoms with Gasteiger partial charge in [0.15, 0.2) is 0 Å². The summed E-state index contributed by atoms with van der Waals surface area (Å²) in [7, 11) is 1.65. The van der Waals surface area contributed by atoms with Crippen molar-refractivity contribution in [3.8, 4) is 5.88 Å². The maximum absolute atomic E-state index is 5.62. The van der Waals surface area contributed by atoms with Crippen LogP contribution >= 0.6 is 0 Å². The van der Waals surface area contributed by atoms with Crippen molar-refractivity contribution < 1.29 is 4.74 Å². The second kappa shape index (κ2) is 5.27. The van der Waals surface area contributed by atoms with Gasteiger partial charge in [-0.2, -0.15) is 0 Å². The van der Waals surface area contributed by atoms with Crippen molar-refractivity contribution in [2.75, 3.05) is 20.2 Å². The summed E-state index contributed by atoms with van der Waals surface area (Å²) < 4.78 is 5.26. The second-order valence-electron chi connectivity index (χ2n) is 4.13. The molecule has 4 heteroatoms. The van der Waals surface area contributed by atoms with Crippen molar-refractivity contribution in [3.63, 3.8) is 0 Å². The van der Waals surface area contributed by atoms with Crippen LogP contribution in [0.25, 0.3) is 0 Å². The Morgan fingerprint density at radius 3 is 2.81 bits per heavy atom. The SMILES string of the molecule is COc1nc(C2CCNCC2)ccc1CN. The fraction of sp³-hybridized carbons (Fsp3) is 0.583. The molecule has 1 saturated heterocycles. The van der Waals surface area contributed by atoms with Crippen LogP contribution in [0.1, 0.15) is 30.0 Å². The molecule has 0 amide bonds. The first-order valence-corrected chi connectivity index (χ1v) is 5.79. The number of nitrogens with two attached hydrogens (primary N) is 1. The van der Waals surface area contributed by atoms with E-state index in [0.717, 1.165) is 37.2 Å². The van der Waals surface area contributed by atoms with E-state index in [-0.39, 0.29) is 0 Å².